The maximum absolute atomic E-state index is 12.1. The highest BCUT2D eigenvalue weighted by atomic mass is 35.5. The van der Waals surface area contributed by atoms with Crippen LogP contribution in [0.4, 0.5) is 0 Å². The highest BCUT2D eigenvalue weighted by Gasteiger charge is 2.22. The van der Waals surface area contributed by atoms with E-state index >= 15 is 0 Å². The van der Waals surface area contributed by atoms with Crippen molar-refractivity contribution in [2.45, 2.75) is 33.2 Å². The van der Waals surface area contributed by atoms with Gasteiger partial charge < -0.3 is 9.73 Å². The Hall–Kier alpha value is -1.48. The van der Waals surface area contributed by atoms with E-state index in [9.17, 15) is 4.79 Å². The topological polar surface area (TPSA) is 42.2 Å². The average Bonchev–Trinajstić information content (AvgIpc) is 2.56. The molecule has 0 bridgehead atoms. The van der Waals surface area contributed by atoms with E-state index in [0.29, 0.717) is 16.4 Å². The number of furan rings is 1. The number of carbonyl (C=O) groups excluding carboxylic acids is 1. The molecule has 96 valence electrons. The molecule has 1 amide bonds. The first-order chi connectivity index (χ1) is 8.29. The van der Waals surface area contributed by atoms with E-state index in [4.69, 9.17) is 16.0 Å². The van der Waals surface area contributed by atoms with Crippen LogP contribution in [0.5, 0.6) is 0 Å². The van der Waals surface area contributed by atoms with Crippen molar-refractivity contribution in [1.29, 1.82) is 0 Å². The number of aryl methyl sites for hydroxylation is 1. The van der Waals surface area contributed by atoms with Crippen molar-refractivity contribution in [3.8, 4) is 0 Å². The second kappa shape index (κ2) is 4.32. The summed E-state index contributed by atoms with van der Waals surface area (Å²) in [5.41, 5.74) is 1.08. The van der Waals surface area contributed by atoms with Gasteiger partial charge in [-0.15, -0.1) is 0 Å². The summed E-state index contributed by atoms with van der Waals surface area (Å²) in [4.78, 5) is 12.1. The quantitative estimate of drug-likeness (QED) is 0.849. The molecule has 0 aliphatic heterocycles. The van der Waals surface area contributed by atoms with Gasteiger partial charge in [-0.2, -0.15) is 0 Å². The zero-order valence-corrected chi connectivity index (χ0v) is 11.7. The van der Waals surface area contributed by atoms with Crippen molar-refractivity contribution < 1.29 is 9.21 Å². The van der Waals surface area contributed by atoms with Gasteiger partial charge in [0.1, 0.15) is 0 Å². The molecule has 0 atom stereocenters. The standard InChI is InChI=1S/C14H16ClNO2/c1-8-9-6-5-7-10(15)12(9)18-11(8)13(17)16-14(2,3)4/h5-7H,1-4H3,(H,16,17). The number of fused-ring (bicyclic) bond motifs is 1. The van der Waals surface area contributed by atoms with Gasteiger partial charge in [0.2, 0.25) is 0 Å². The van der Waals surface area contributed by atoms with Crippen LogP contribution in [0.3, 0.4) is 0 Å². The zero-order chi connectivity index (χ0) is 13.5. The van der Waals surface area contributed by atoms with Crippen molar-refractivity contribution >= 4 is 28.5 Å². The maximum atomic E-state index is 12.1. The molecular weight excluding hydrogens is 250 g/mol. The van der Waals surface area contributed by atoms with Gasteiger partial charge in [-0.3, -0.25) is 4.79 Å². The summed E-state index contributed by atoms with van der Waals surface area (Å²) >= 11 is 6.05. The molecule has 3 nitrogen and oxygen atoms in total. The van der Waals surface area contributed by atoms with Crippen molar-refractivity contribution in [3.05, 3.63) is 34.5 Å². The summed E-state index contributed by atoms with van der Waals surface area (Å²) in [5, 5.41) is 4.28. The third-order valence-corrected chi connectivity index (χ3v) is 2.91. The second-order valence-corrected chi connectivity index (χ2v) is 5.78. The fourth-order valence-corrected chi connectivity index (χ4v) is 2.04. The molecule has 4 heteroatoms. The van der Waals surface area contributed by atoms with Crippen LogP contribution in [0.25, 0.3) is 11.0 Å². The van der Waals surface area contributed by atoms with Crippen LogP contribution in [-0.4, -0.2) is 11.4 Å². The molecule has 0 fully saturated rings. The second-order valence-electron chi connectivity index (χ2n) is 5.38. The summed E-state index contributed by atoms with van der Waals surface area (Å²) < 4.78 is 5.59. The first-order valence-electron chi connectivity index (χ1n) is 5.80. The molecule has 1 N–H and O–H groups in total. The lowest BCUT2D eigenvalue weighted by atomic mass is 10.1. The summed E-state index contributed by atoms with van der Waals surface area (Å²) in [6.45, 7) is 7.64. The van der Waals surface area contributed by atoms with E-state index in [1.54, 1.807) is 6.07 Å². The van der Waals surface area contributed by atoms with Crippen molar-refractivity contribution in [3.63, 3.8) is 0 Å². The predicted octanol–water partition coefficient (Wildman–Crippen LogP) is 3.92. The third kappa shape index (κ3) is 2.36. The van der Waals surface area contributed by atoms with Gasteiger partial charge in [0.05, 0.1) is 5.02 Å². The molecule has 0 aliphatic rings. The van der Waals surface area contributed by atoms with E-state index in [0.717, 1.165) is 10.9 Å². The number of halogens is 1. The lowest BCUT2D eigenvalue weighted by Crippen LogP contribution is -2.40. The first-order valence-corrected chi connectivity index (χ1v) is 6.17. The average molecular weight is 266 g/mol. The summed E-state index contributed by atoms with van der Waals surface area (Å²) in [7, 11) is 0. The zero-order valence-electron chi connectivity index (χ0n) is 10.9. The Morgan fingerprint density at radius 1 is 1.33 bits per heavy atom. The van der Waals surface area contributed by atoms with Gasteiger partial charge >= 0.3 is 0 Å². The molecule has 0 unspecified atom stereocenters. The van der Waals surface area contributed by atoms with Gasteiger partial charge in [0, 0.05) is 16.5 Å². The Labute approximate surface area is 111 Å². The minimum Gasteiger partial charge on any atom is -0.449 e. The molecule has 0 radical (unpaired) electrons. The van der Waals surface area contributed by atoms with Gasteiger partial charge in [-0.05, 0) is 33.8 Å². The van der Waals surface area contributed by atoms with E-state index < -0.39 is 0 Å². The summed E-state index contributed by atoms with van der Waals surface area (Å²) in [6.07, 6.45) is 0. The van der Waals surface area contributed by atoms with Crippen LogP contribution in [0.2, 0.25) is 5.02 Å². The van der Waals surface area contributed by atoms with E-state index in [2.05, 4.69) is 5.32 Å². The monoisotopic (exact) mass is 265 g/mol. The Morgan fingerprint density at radius 2 is 2.00 bits per heavy atom. The molecule has 0 aliphatic carbocycles. The van der Waals surface area contributed by atoms with Crippen LogP contribution < -0.4 is 5.32 Å². The van der Waals surface area contributed by atoms with Crippen molar-refractivity contribution in [2.75, 3.05) is 0 Å². The van der Waals surface area contributed by atoms with Gasteiger partial charge in [-0.1, -0.05) is 23.7 Å². The molecular formula is C14H16ClNO2. The van der Waals surface area contributed by atoms with Crippen LogP contribution in [0, 0.1) is 6.92 Å². The van der Waals surface area contributed by atoms with Crippen molar-refractivity contribution in [1.82, 2.24) is 5.32 Å². The molecule has 0 spiro atoms. The molecule has 1 aromatic carbocycles. The number of hydrogen-bond acceptors (Lipinski definition) is 2. The largest absolute Gasteiger partial charge is 0.449 e. The Morgan fingerprint density at radius 3 is 2.56 bits per heavy atom. The van der Waals surface area contributed by atoms with Crippen LogP contribution in [0.1, 0.15) is 36.9 Å². The van der Waals surface area contributed by atoms with E-state index in [1.807, 2.05) is 39.8 Å². The van der Waals surface area contributed by atoms with Gasteiger partial charge in [-0.25, -0.2) is 0 Å². The normalized spacial score (nSPS) is 11.8. The van der Waals surface area contributed by atoms with E-state index in [1.165, 1.54) is 0 Å². The highest BCUT2D eigenvalue weighted by Crippen LogP contribution is 2.30. The lowest BCUT2D eigenvalue weighted by molar-refractivity contribution is 0.0892. The molecule has 0 saturated heterocycles. The minimum absolute atomic E-state index is 0.215. The van der Waals surface area contributed by atoms with E-state index in [-0.39, 0.29) is 11.4 Å². The highest BCUT2D eigenvalue weighted by molar-refractivity contribution is 6.35. The Kier molecular flexibility index (Phi) is 3.11. The number of hydrogen-bond donors (Lipinski definition) is 1. The molecule has 2 aromatic rings. The minimum atomic E-state index is -0.299. The Bertz CT molecular complexity index is 608. The molecule has 1 aromatic heterocycles. The van der Waals surface area contributed by atoms with Gasteiger partial charge in [0.25, 0.3) is 5.91 Å². The SMILES string of the molecule is Cc1c(C(=O)NC(C)(C)C)oc2c(Cl)cccc12. The fraction of sp³-hybridized carbons (Fsp3) is 0.357. The third-order valence-electron chi connectivity index (χ3n) is 2.61. The van der Waals surface area contributed by atoms with Crippen LogP contribution in [-0.2, 0) is 0 Å². The number of rotatable bonds is 1. The molecule has 0 saturated carbocycles. The lowest BCUT2D eigenvalue weighted by Gasteiger charge is -2.19. The molecule has 1 heterocycles. The number of benzene rings is 1. The number of nitrogens with one attached hydrogen (secondary N) is 1. The molecule has 18 heavy (non-hydrogen) atoms. The molecule has 2 rings (SSSR count). The number of para-hydroxylation sites is 1. The smallest absolute Gasteiger partial charge is 0.287 e. The maximum Gasteiger partial charge on any atom is 0.287 e. The fourth-order valence-electron chi connectivity index (χ4n) is 1.82. The number of carbonyl (C=O) groups is 1. The van der Waals surface area contributed by atoms with Crippen molar-refractivity contribution in [2.24, 2.45) is 0 Å². The predicted molar refractivity (Wildman–Crippen MR) is 73.2 cm³/mol. The van der Waals surface area contributed by atoms with Gasteiger partial charge in [0.15, 0.2) is 11.3 Å². The Balaban J connectivity index is 2.50. The summed E-state index contributed by atoms with van der Waals surface area (Å²) in [6, 6.07) is 5.49. The number of amides is 1. The van der Waals surface area contributed by atoms with Crippen LogP contribution >= 0.6 is 11.6 Å². The first kappa shape index (κ1) is 13.0. The summed E-state index contributed by atoms with van der Waals surface area (Å²) in [5.74, 6) is 0.111. The van der Waals surface area contributed by atoms with Crippen LogP contribution in [0.15, 0.2) is 22.6 Å².